The lowest BCUT2D eigenvalue weighted by Crippen LogP contribution is -2.44. The van der Waals surface area contributed by atoms with Gasteiger partial charge in [-0.3, -0.25) is 9.59 Å². The molecule has 0 aliphatic carbocycles. The largest absolute Gasteiger partial charge is 0.409 e. The van der Waals surface area contributed by atoms with Crippen molar-refractivity contribution in [1.82, 2.24) is 4.90 Å². The number of likely N-dealkylation sites (tertiary alicyclic amines) is 1. The third kappa shape index (κ3) is 3.31. The zero-order chi connectivity index (χ0) is 15.4. The van der Waals surface area contributed by atoms with E-state index in [4.69, 9.17) is 16.7 Å². The predicted octanol–water partition coefficient (Wildman–Crippen LogP) is 0.119. The number of primary amides is 1. The number of piperidine rings is 1. The standard InChI is InChI=1S/C14H18N4O3/c15-12(17-21)9-3-5-10(6-4-9)14(20)18-7-1-2-11(8-18)13(16)19/h3-6,11,21H,1-2,7-8H2,(H2,15,17)(H2,16,19). The fourth-order valence-corrected chi connectivity index (χ4v) is 2.42. The van der Waals surface area contributed by atoms with Crippen molar-refractivity contribution in [3.05, 3.63) is 35.4 Å². The molecule has 21 heavy (non-hydrogen) atoms. The minimum Gasteiger partial charge on any atom is -0.409 e. The van der Waals surface area contributed by atoms with Crippen LogP contribution in [0.5, 0.6) is 0 Å². The van der Waals surface area contributed by atoms with Gasteiger partial charge in [0.2, 0.25) is 5.91 Å². The van der Waals surface area contributed by atoms with Gasteiger partial charge in [0.25, 0.3) is 5.91 Å². The van der Waals surface area contributed by atoms with E-state index in [0.717, 1.165) is 12.8 Å². The molecule has 0 radical (unpaired) electrons. The summed E-state index contributed by atoms with van der Waals surface area (Å²) in [5.74, 6) is -0.804. The first-order chi connectivity index (χ1) is 10.0. The van der Waals surface area contributed by atoms with Crippen LogP contribution in [0.1, 0.15) is 28.8 Å². The highest BCUT2D eigenvalue weighted by Gasteiger charge is 2.27. The van der Waals surface area contributed by atoms with E-state index in [2.05, 4.69) is 5.16 Å². The summed E-state index contributed by atoms with van der Waals surface area (Å²) in [6.07, 6.45) is 1.49. The van der Waals surface area contributed by atoms with Gasteiger partial charge in [0.05, 0.1) is 5.92 Å². The summed E-state index contributed by atoms with van der Waals surface area (Å²) in [5.41, 5.74) is 11.8. The van der Waals surface area contributed by atoms with Crippen molar-refractivity contribution in [2.24, 2.45) is 22.5 Å². The maximum Gasteiger partial charge on any atom is 0.253 e. The highest BCUT2D eigenvalue weighted by Crippen LogP contribution is 2.18. The number of carbonyl (C=O) groups is 2. The Bertz CT molecular complexity index is 568. The van der Waals surface area contributed by atoms with Crippen LogP contribution in [-0.4, -0.2) is 40.8 Å². The molecule has 0 bridgehead atoms. The molecule has 1 saturated heterocycles. The van der Waals surface area contributed by atoms with Crippen molar-refractivity contribution < 1.29 is 14.8 Å². The van der Waals surface area contributed by atoms with Crippen molar-refractivity contribution in [3.63, 3.8) is 0 Å². The average molecular weight is 290 g/mol. The first kappa shape index (κ1) is 14.8. The molecule has 2 rings (SSSR count). The fourth-order valence-electron chi connectivity index (χ4n) is 2.42. The highest BCUT2D eigenvalue weighted by atomic mass is 16.4. The van der Waals surface area contributed by atoms with Crippen LogP contribution >= 0.6 is 0 Å². The summed E-state index contributed by atoms with van der Waals surface area (Å²) in [7, 11) is 0. The first-order valence-corrected chi connectivity index (χ1v) is 6.69. The molecule has 1 aromatic carbocycles. The summed E-state index contributed by atoms with van der Waals surface area (Å²) in [5, 5.41) is 11.5. The number of nitrogens with zero attached hydrogens (tertiary/aromatic N) is 2. The summed E-state index contributed by atoms with van der Waals surface area (Å²) in [6.45, 7) is 0.973. The van der Waals surface area contributed by atoms with Gasteiger partial charge in [-0.05, 0) is 25.0 Å². The quantitative estimate of drug-likeness (QED) is 0.316. The second-order valence-electron chi connectivity index (χ2n) is 5.06. The Kier molecular flexibility index (Phi) is 4.42. The summed E-state index contributed by atoms with van der Waals surface area (Å²) < 4.78 is 0. The second-order valence-corrected chi connectivity index (χ2v) is 5.06. The first-order valence-electron chi connectivity index (χ1n) is 6.69. The van der Waals surface area contributed by atoms with Gasteiger partial charge in [-0.15, -0.1) is 0 Å². The smallest absolute Gasteiger partial charge is 0.253 e. The molecule has 2 amide bonds. The Morgan fingerprint density at radius 1 is 1.19 bits per heavy atom. The second kappa shape index (κ2) is 6.25. The molecule has 0 aromatic heterocycles. The van der Waals surface area contributed by atoms with Crippen molar-refractivity contribution in [3.8, 4) is 0 Å². The van der Waals surface area contributed by atoms with E-state index in [9.17, 15) is 9.59 Å². The number of hydrogen-bond donors (Lipinski definition) is 3. The number of oxime groups is 1. The lowest BCUT2D eigenvalue weighted by atomic mass is 9.97. The van der Waals surface area contributed by atoms with Gasteiger partial charge in [-0.2, -0.15) is 0 Å². The highest BCUT2D eigenvalue weighted by molar-refractivity contribution is 5.99. The van der Waals surface area contributed by atoms with Crippen molar-refractivity contribution in [2.75, 3.05) is 13.1 Å². The maximum absolute atomic E-state index is 12.4. The Balaban J connectivity index is 2.11. The third-order valence-electron chi connectivity index (χ3n) is 3.65. The molecular formula is C14H18N4O3. The van der Waals surface area contributed by atoms with Crippen LogP contribution in [0.15, 0.2) is 29.4 Å². The SMILES string of the molecule is NC(=O)C1CCCN(C(=O)c2ccc(/C(N)=N/O)cc2)C1. The van der Waals surface area contributed by atoms with Crippen LogP contribution in [0.2, 0.25) is 0 Å². The van der Waals surface area contributed by atoms with E-state index in [1.54, 1.807) is 29.2 Å². The maximum atomic E-state index is 12.4. The number of hydrogen-bond acceptors (Lipinski definition) is 4. The third-order valence-corrected chi connectivity index (χ3v) is 3.65. The predicted molar refractivity (Wildman–Crippen MR) is 76.8 cm³/mol. The van der Waals surface area contributed by atoms with Crippen LogP contribution in [0.3, 0.4) is 0 Å². The Hall–Kier alpha value is -2.57. The van der Waals surface area contributed by atoms with Crippen LogP contribution in [0.4, 0.5) is 0 Å². The topological polar surface area (TPSA) is 122 Å². The van der Waals surface area contributed by atoms with E-state index in [0.29, 0.717) is 24.2 Å². The molecule has 1 aliphatic rings. The van der Waals surface area contributed by atoms with E-state index in [1.165, 1.54) is 0 Å². The molecule has 112 valence electrons. The molecule has 0 saturated carbocycles. The molecule has 1 atom stereocenters. The van der Waals surface area contributed by atoms with Gasteiger partial charge in [0.1, 0.15) is 0 Å². The molecule has 1 unspecified atom stereocenters. The monoisotopic (exact) mass is 290 g/mol. The van der Waals surface area contributed by atoms with Gasteiger partial charge in [-0.1, -0.05) is 17.3 Å². The molecular weight excluding hydrogens is 272 g/mol. The Morgan fingerprint density at radius 3 is 2.38 bits per heavy atom. The van der Waals surface area contributed by atoms with Gasteiger partial charge in [0, 0.05) is 24.2 Å². The lowest BCUT2D eigenvalue weighted by Gasteiger charge is -2.31. The molecule has 7 heteroatoms. The number of nitrogens with two attached hydrogens (primary N) is 2. The lowest BCUT2D eigenvalue weighted by molar-refractivity contribution is -0.123. The fraction of sp³-hybridized carbons (Fsp3) is 0.357. The van der Waals surface area contributed by atoms with Gasteiger partial charge < -0.3 is 21.6 Å². The normalized spacial score (nSPS) is 19.3. The molecule has 1 fully saturated rings. The summed E-state index contributed by atoms with van der Waals surface area (Å²) in [4.78, 5) is 25.3. The minimum absolute atomic E-state index is 0.0132. The van der Waals surface area contributed by atoms with Gasteiger partial charge in [-0.25, -0.2) is 0 Å². The number of amidine groups is 1. The van der Waals surface area contributed by atoms with E-state index in [-0.39, 0.29) is 23.6 Å². The zero-order valence-electron chi connectivity index (χ0n) is 11.5. The van der Waals surface area contributed by atoms with Crippen LogP contribution < -0.4 is 11.5 Å². The number of benzene rings is 1. The Morgan fingerprint density at radius 2 is 1.81 bits per heavy atom. The number of rotatable bonds is 3. The van der Waals surface area contributed by atoms with E-state index in [1.807, 2.05) is 0 Å². The number of carbonyl (C=O) groups excluding carboxylic acids is 2. The average Bonchev–Trinajstić information content (AvgIpc) is 2.53. The van der Waals surface area contributed by atoms with Crippen LogP contribution in [0, 0.1) is 5.92 Å². The molecule has 5 N–H and O–H groups in total. The molecule has 1 aliphatic heterocycles. The van der Waals surface area contributed by atoms with Crippen LogP contribution in [-0.2, 0) is 4.79 Å². The molecule has 7 nitrogen and oxygen atoms in total. The van der Waals surface area contributed by atoms with Crippen molar-refractivity contribution in [1.29, 1.82) is 0 Å². The zero-order valence-corrected chi connectivity index (χ0v) is 11.5. The summed E-state index contributed by atoms with van der Waals surface area (Å²) in [6, 6.07) is 6.45. The van der Waals surface area contributed by atoms with E-state index < -0.39 is 0 Å². The van der Waals surface area contributed by atoms with Crippen molar-refractivity contribution >= 4 is 17.6 Å². The minimum atomic E-state index is -0.366. The Labute approximate surface area is 122 Å². The van der Waals surface area contributed by atoms with Gasteiger partial charge >= 0.3 is 0 Å². The van der Waals surface area contributed by atoms with E-state index >= 15 is 0 Å². The summed E-state index contributed by atoms with van der Waals surface area (Å²) >= 11 is 0. The molecule has 1 aromatic rings. The number of amides is 2. The van der Waals surface area contributed by atoms with Crippen molar-refractivity contribution in [2.45, 2.75) is 12.8 Å². The molecule has 1 heterocycles. The van der Waals surface area contributed by atoms with Gasteiger partial charge in [0.15, 0.2) is 5.84 Å². The van der Waals surface area contributed by atoms with Crippen LogP contribution in [0.25, 0.3) is 0 Å². The molecule has 0 spiro atoms.